The Labute approximate surface area is 186 Å². The number of hydrogen-bond acceptors (Lipinski definition) is 4. The molecular weight excluding hydrogens is 406 g/mol. The molecule has 1 aliphatic heterocycles. The van der Waals surface area contributed by atoms with E-state index in [0.29, 0.717) is 18.7 Å². The second kappa shape index (κ2) is 9.27. The van der Waals surface area contributed by atoms with E-state index in [0.717, 1.165) is 17.1 Å². The van der Waals surface area contributed by atoms with Crippen LogP contribution in [-0.4, -0.2) is 18.4 Å². The number of nitrogens with zero attached hydrogens (tertiary/aromatic N) is 1. The molecule has 0 unspecified atom stereocenters. The minimum absolute atomic E-state index is 0.0305. The number of fused-ring (bicyclic) bond motifs is 2. The second-order valence-electron chi connectivity index (χ2n) is 7.71. The number of benzene rings is 3. The average molecular weight is 432 g/mol. The van der Waals surface area contributed by atoms with E-state index >= 15 is 0 Å². The predicted octanol–water partition coefficient (Wildman–Crippen LogP) is 5.91. The summed E-state index contributed by atoms with van der Waals surface area (Å²) in [6.07, 6.45) is 0.360. The Morgan fingerprint density at radius 3 is 1.87 bits per heavy atom. The van der Waals surface area contributed by atoms with Crippen LogP contribution in [0, 0.1) is 5.92 Å². The normalized spacial score (nSPS) is 12.2. The van der Waals surface area contributed by atoms with Gasteiger partial charge in [0.15, 0.2) is 0 Å². The highest BCUT2D eigenvalue weighted by atomic mass is 32.2. The smallest absolute Gasteiger partial charge is 0.226 e. The topological polar surface area (TPSA) is 61.4 Å². The van der Waals surface area contributed by atoms with Gasteiger partial charge in [-0.1, -0.05) is 49.9 Å². The number of carbonyl (C=O) groups is 2. The summed E-state index contributed by atoms with van der Waals surface area (Å²) >= 11 is 1.76. The summed E-state index contributed by atoms with van der Waals surface area (Å²) in [5.74, 6) is -0.160. The van der Waals surface area contributed by atoms with Crippen molar-refractivity contribution < 1.29 is 9.59 Å². The van der Waals surface area contributed by atoms with Gasteiger partial charge in [0.25, 0.3) is 0 Å². The highest BCUT2D eigenvalue weighted by molar-refractivity contribution is 7.99. The third-order valence-corrected chi connectivity index (χ3v) is 6.19. The monoisotopic (exact) mass is 431 g/mol. The maximum Gasteiger partial charge on any atom is 0.226 e. The molecule has 5 nitrogen and oxygen atoms in total. The van der Waals surface area contributed by atoms with E-state index in [1.54, 1.807) is 36.0 Å². The van der Waals surface area contributed by atoms with Crippen LogP contribution in [0.5, 0.6) is 0 Å². The first kappa shape index (κ1) is 21.0. The molecule has 0 radical (unpaired) electrons. The zero-order valence-electron chi connectivity index (χ0n) is 17.6. The first-order valence-electron chi connectivity index (χ1n) is 10.4. The van der Waals surface area contributed by atoms with E-state index in [9.17, 15) is 9.59 Å². The molecule has 0 saturated carbocycles. The van der Waals surface area contributed by atoms with E-state index in [-0.39, 0.29) is 17.7 Å². The number of rotatable bonds is 6. The average Bonchev–Trinajstić information content (AvgIpc) is 2.77. The lowest BCUT2D eigenvalue weighted by atomic mass is 10.2. The molecule has 1 aliphatic rings. The second-order valence-corrected chi connectivity index (χ2v) is 8.79. The van der Waals surface area contributed by atoms with E-state index in [2.05, 4.69) is 39.8 Å². The zero-order valence-corrected chi connectivity index (χ0v) is 18.4. The van der Waals surface area contributed by atoms with Crippen molar-refractivity contribution in [1.29, 1.82) is 0 Å². The van der Waals surface area contributed by atoms with Crippen molar-refractivity contribution in [3.63, 3.8) is 0 Å². The van der Waals surface area contributed by atoms with Gasteiger partial charge in [0, 0.05) is 40.0 Å². The summed E-state index contributed by atoms with van der Waals surface area (Å²) in [6, 6.07) is 23.8. The highest BCUT2D eigenvalue weighted by Crippen LogP contribution is 2.47. The Kier molecular flexibility index (Phi) is 6.28. The van der Waals surface area contributed by atoms with Crippen LogP contribution in [0.3, 0.4) is 0 Å². The minimum Gasteiger partial charge on any atom is -0.339 e. The van der Waals surface area contributed by atoms with Gasteiger partial charge in [0.2, 0.25) is 11.8 Å². The molecule has 6 heteroatoms. The third-order valence-electron chi connectivity index (χ3n) is 5.06. The Hall–Kier alpha value is -3.25. The molecule has 2 amide bonds. The van der Waals surface area contributed by atoms with Crippen molar-refractivity contribution in [1.82, 2.24) is 0 Å². The number of hydrogen-bond donors (Lipinski definition) is 2. The lowest BCUT2D eigenvalue weighted by Gasteiger charge is -2.32. The van der Waals surface area contributed by atoms with E-state index in [1.807, 2.05) is 38.1 Å². The summed E-state index contributed by atoms with van der Waals surface area (Å²) in [5.41, 5.74) is 3.69. The molecule has 0 fully saturated rings. The molecule has 0 spiro atoms. The standard InChI is InChI=1S/C25H25N3O2S/c1-17(2)25(30)27-19-13-11-18(12-14-19)26-24(29)15-16-28-20-7-3-5-9-22(20)31-23-10-6-4-8-21(23)28/h3-14,17H,15-16H2,1-2H3,(H,26,29)(H,27,30). The van der Waals surface area contributed by atoms with Gasteiger partial charge in [-0.15, -0.1) is 0 Å². The van der Waals surface area contributed by atoms with Crippen LogP contribution in [0.2, 0.25) is 0 Å². The Bertz CT molecular complexity index is 1050. The maximum absolute atomic E-state index is 12.6. The Balaban J connectivity index is 1.40. The van der Waals surface area contributed by atoms with Gasteiger partial charge in [-0.25, -0.2) is 0 Å². The Morgan fingerprint density at radius 1 is 0.806 bits per heavy atom. The predicted molar refractivity (Wildman–Crippen MR) is 127 cm³/mol. The molecule has 0 atom stereocenters. The van der Waals surface area contributed by atoms with Gasteiger partial charge < -0.3 is 15.5 Å². The van der Waals surface area contributed by atoms with Crippen LogP contribution in [-0.2, 0) is 9.59 Å². The Morgan fingerprint density at radius 2 is 1.32 bits per heavy atom. The van der Waals surface area contributed by atoms with Crippen LogP contribution >= 0.6 is 11.8 Å². The molecule has 0 aliphatic carbocycles. The van der Waals surface area contributed by atoms with Gasteiger partial charge in [0.05, 0.1) is 11.4 Å². The molecule has 158 valence electrons. The number of carbonyl (C=O) groups excluding carboxylic acids is 2. The highest BCUT2D eigenvalue weighted by Gasteiger charge is 2.23. The lowest BCUT2D eigenvalue weighted by Crippen LogP contribution is -2.25. The molecular formula is C25H25N3O2S. The quantitative estimate of drug-likeness (QED) is 0.509. The molecule has 3 aromatic carbocycles. The number of nitrogens with one attached hydrogen (secondary N) is 2. The van der Waals surface area contributed by atoms with E-state index in [4.69, 9.17) is 0 Å². The molecule has 0 bridgehead atoms. The summed E-state index contributed by atoms with van der Waals surface area (Å²) in [4.78, 5) is 29.0. The van der Waals surface area contributed by atoms with Crippen molar-refractivity contribution in [3.8, 4) is 0 Å². The fourth-order valence-corrected chi connectivity index (χ4v) is 4.48. The SMILES string of the molecule is CC(C)C(=O)Nc1ccc(NC(=O)CCN2c3ccccc3Sc3ccccc32)cc1. The van der Waals surface area contributed by atoms with Crippen LogP contribution < -0.4 is 15.5 Å². The van der Waals surface area contributed by atoms with Crippen molar-refractivity contribution in [2.24, 2.45) is 5.92 Å². The van der Waals surface area contributed by atoms with Crippen LogP contribution in [0.4, 0.5) is 22.7 Å². The van der Waals surface area contributed by atoms with Crippen molar-refractivity contribution in [2.45, 2.75) is 30.1 Å². The van der Waals surface area contributed by atoms with Gasteiger partial charge in [-0.3, -0.25) is 9.59 Å². The van der Waals surface area contributed by atoms with Crippen LogP contribution in [0.1, 0.15) is 20.3 Å². The summed E-state index contributed by atoms with van der Waals surface area (Å²) in [5, 5.41) is 5.80. The van der Waals surface area contributed by atoms with Crippen LogP contribution in [0.15, 0.2) is 82.6 Å². The number of amides is 2. The molecule has 4 rings (SSSR count). The van der Waals surface area contributed by atoms with E-state index < -0.39 is 0 Å². The molecule has 3 aromatic rings. The first-order valence-corrected chi connectivity index (χ1v) is 11.2. The fraction of sp³-hybridized carbons (Fsp3) is 0.200. The number of anilines is 4. The van der Waals surface area contributed by atoms with Crippen molar-refractivity contribution in [3.05, 3.63) is 72.8 Å². The van der Waals surface area contributed by atoms with E-state index in [1.165, 1.54) is 9.79 Å². The molecule has 1 heterocycles. The van der Waals surface area contributed by atoms with Crippen molar-refractivity contribution >= 4 is 46.3 Å². The van der Waals surface area contributed by atoms with Crippen molar-refractivity contribution in [2.75, 3.05) is 22.1 Å². The van der Waals surface area contributed by atoms with Gasteiger partial charge in [0.1, 0.15) is 0 Å². The third kappa shape index (κ3) is 4.91. The summed E-state index contributed by atoms with van der Waals surface area (Å²) in [6.45, 7) is 4.28. The molecule has 2 N–H and O–H groups in total. The minimum atomic E-state index is -0.0807. The zero-order chi connectivity index (χ0) is 21.8. The molecule has 0 aromatic heterocycles. The molecule has 31 heavy (non-hydrogen) atoms. The first-order chi connectivity index (χ1) is 15.0. The maximum atomic E-state index is 12.6. The van der Waals surface area contributed by atoms with Crippen LogP contribution in [0.25, 0.3) is 0 Å². The van der Waals surface area contributed by atoms with Gasteiger partial charge in [-0.2, -0.15) is 0 Å². The number of para-hydroxylation sites is 2. The lowest BCUT2D eigenvalue weighted by molar-refractivity contribution is -0.119. The van der Waals surface area contributed by atoms with Gasteiger partial charge >= 0.3 is 0 Å². The molecule has 0 saturated heterocycles. The largest absolute Gasteiger partial charge is 0.339 e. The fourth-order valence-electron chi connectivity index (χ4n) is 3.38. The van der Waals surface area contributed by atoms with Gasteiger partial charge in [-0.05, 0) is 48.5 Å². The summed E-state index contributed by atoms with van der Waals surface area (Å²) in [7, 11) is 0. The summed E-state index contributed by atoms with van der Waals surface area (Å²) < 4.78 is 0.